The molecule has 2 heterocycles. The van der Waals surface area contributed by atoms with E-state index in [9.17, 15) is 0 Å². The van der Waals surface area contributed by atoms with E-state index in [2.05, 4.69) is 28.0 Å². The first-order valence-corrected chi connectivity index (χ1v) is 8.59. The van der Waals surface area contributed by atoms with Crippen LogP contribution in [0.2, 0.25) is 0 Å². The number of piperidine rings is 1. The molecule has 2 atom stereocenters. The standard InChI is InChI=1S/C17H29N3/c1-14-6-5-9-16(19-14)17-12-18-13-20(17)11-10-15-7-3-2-4-8-15/h12-16,19H,2-11H2,1H3. The van der Waals surface area contributed by atoms with Crippen molar-refractivity contribution in [2.24, 2.45) is 5.92 Å². The van der Waals surface area contributed by atoms with Crippen LogP contribution in [0.5, 0.6) is 0 Å². The topological polar surface area (TPSA) is 29.9 Å². The van der Waals surface area contributed by atoms with E-state index in [4.69, 9.17) is 0 Å². The lowest BCUT2D eigenvalue weighted by molar-refractivity contribution is 0.307. The minimum atomic E-state index is 0.521. The van der Waals surface area contributed by atoms with Gasteiger partial charge >= 0.3 is 0 Å². The third kappa shape index (κ3) is 3.43. The molecule has 1 aliphatic heterocycles. The number of hydrogen-bond donors (Lipinski definition) is 1. The van der Waals surface area contributed by atoms with Gasteiger partial charge in [-0.2, -0.15) is 0 Å². The van der Waals surface area contributed by atoms with Gasteiger partial charge in [0.15, 0.2) is 0 Å². The Kier molecular flexibility index (Phi) is 4.77. The van der Waals surface area contributed by atoms with Crippen molar-refractivity contribution in [3.8, 4) is 0 Å². The molecule has 20 heavy (non-hydrogen) atoms. The van der Waals surface area contributed by atoms with Gasteiger partial charge in [0.05, 0.1) is 12.0 Å². The highest BCUT2D eigenvalue weighted by atomic mass is 15.1. The van der Waals surface area contributed by atoms with Crippen molar-refractivity contribution in [2.45, 2.75) is 83.3 Å². The monoisotopic (exact) mass is 275 g/mol. The molecule has 3 rings (SSSR count). The molecule has 1 saturated carbocycles. The quantitative estimate of drug-likeness (QED) is 0.898. The van der Waals surface area contributed by atoms with Gasteiger partial charge in [-0.3, -0.25) is 0 Å². The summed E-state index contributed by atoms with van der Waals surface area (Å²) in [6.07, 6.45) is 16.6. The molecule has 3 nitrogen and oxygen atoms in total. The highest BCUT2D eigenvalue weighted by Crippen LogP contribution is 2.28. The average Bonchev–Trinajstić information content (AvgIpc) is 2.95. The maximum absolute atomic E-state index is 4.41. The minimum Gasteiger partial charge on any atom is -0.333 e. The van der Waals surface area contributed by atoms with Crippen LogP contribution in [0.25, 0.3) is 0 Å². The average molecular weight is 275 g/mol. The first-order chi connectivity index (χ1) is 9.83. The number of aryl methyl sites for hydroxylation is 1. The molecule has 1 aromatic rings. The van der Waals surface area contributed by atoms with E-state index in [1.54, 1.807) is 0 Å². The van der Waals surface area contributed by atoms with E-state index in [-0.39, 0.29) is 0 Å². The number of rotatable bonds is 4. The normalized spacial score (nSPS) is 28.6. The fourth-order valence-electron chi connectivity index (χ4n) is 3.98. The largest absolute Gasteiger partial charge is 0.333 e. The Bertz CT molecular complexity index is 406. The Morgan fingerprint density at radius 1 is 1.15 bits per heavy atom. The summed E-state index contributed by atoms with van der Waals surface area (Å²) in [5, 5.41) is 3.74. The lowest BCUT2D eigenvalue weighted by atomic mass is 9.87. The van der Waals surface area contributed by atoms with Crippen molar-refractivity contribution in [2.75, 3.05) is 0 Å². The molecular weight excluding hydrogens is 246 g/mol. The highest BCUT2D eigenvalue weighted by molar-refractivity contribution is 5.07. The molecule has 1 N–H and O–H groups in total. The maximum Gasteiger partial charge on any atom is 0.0948 e. The molecule has 0 spiro atoms. The number of imidazole rings is 1. The molecule has 2 unspecified atom stereocenters. The summed E-state index contributed by atoms with van der Waals surface area (Å²) in [5.41, 5.74) is 1.41. The Hall–Kier alpha value is -0.830. The zero-order valence-corrected chi connectivity index (χ0v) is 12.9. The van der Waals surface area contributed by atoms with E-state index in [1.807, 2.05) is 6.33 Å². The van der Waals surface area contributed by atoms with E-state index in [0.29, 0.717) is 12.1 Å². The van der Waals surface area contributed by atoms with E-state index in [0.717, 1.165) is 12.5 Å². The van der Waals surface area contributed by atoms with Crippen LogP contribution in [0, 0.1) is 5.92 Å². The van der Waals surface area contributed by atoms with Crippen LogP contribution in [0.15, 0.2) is 12.5 Å². The van der Waals surface area contributed by atoms with Gasteiger partial charge in [0.2, 0.25) is 0 Å². The van der Waals surface area contributed by atoms with Crippen molar-refractivity contribution in [1.29, 1.82) is 0 Å². The fourth-order valence-corrected chi connectivity index (χ4v) is 3.98. The van der Waals surface area contributed by atoms with Crippen LogP contribution in [-0.2, 0) is 6.54 Å². The molecule has 0 bridgehead atoms. The van der Waals surface area contributed by atoms with E-state index in [1.165, 1.54) is 63.5 Å². The van der Waals surface area contributed by atoms with Crippen molar-refractivity contribution in [3.05, 3.63) is 18.2 Å². The summed E-state index contributed by atoms with van der Waals surface area (Å²) in [6.45, 7) is 3.46. The zero-order chi connectivity index (χ0) is 13.8. The van der Waals surface area contributed by atoms with E-state index < -0.39 is 0 Å². The number of hydrogen-bond acceptors (Lipinski definition) is 2. The molecule has 3 heteroatoms. The molecule has 0 aromatic carbocycles. The first-order valence-electron chi connectivity index (χ1n) is 8.59. The lowest BCUT2D eigenvalue weighted by Gasteiger charge is -2.29. The van der Waals surface area contributed by atoms with Crippen LogP contribution in [0.4, 0.5) is 0 Å². The molecule has 112 valence electrons. The molecule has 0 radical (unpaired) electrons. The third-order valence-electron chi connectivity index (χ3n) is 5.22. The summed E-state index contributed by atoms with van der Waals surface area (Å²) in [5.74, 6) is 0.956. The Morgan fingerprint density at radius 2 is 2.00 bits per heavy atom. The second-order valence-electron chi connectivity index (χ2n) is 6.86. The maximum atomic E-state index is 4.41. The molecule has 1 aromatic heterocycles. The second kappa shape index (κ2) is 6.75. The van der Waals surface area contributed by atoms with Crippen LogP contribution in [0.1, 0.15) is 76.4 Å². The summed E-state index contributed by atoms with van der Waals surface area (Å²) >= 11 is 0. The van der Waals surface area contributed by atoms with Crippen molar-refractivity contribution >= 4 is 0 Å². The summed E-state index contributed by atoms with van der Waals surface area (Å²) in [4.78, 5) is 4.41. The Morgan fingerprint density at radius 3 is 2.80 bits per heavy atom. The number of nitrogens with one attached hydrogen (secondary N) is 1. The number of nitrogens with zero attached hydrogens (tertiary/aromatic N) is 2. The van der Waals surface area contributed by atoms with Crippen LogP contribution < -0.4 is 5.32 Å². The minimum absolute atomic E-state index is 0.521. The second-order valence-corrected chi connectivity index (χ2v) is 6.86. The SMILES string of the molecule is CC1CCCC(c2cncn2CCC2CCCCC2)N1. The Labute approximate surface area is 123 Å². The fraction of sp³-hybridized carbons (Fsp3) is 0.824. The lowest BCUT2D eigenvalue weighted by Crippen LogP contribution is -2.35. The zero-order valence-electron chi connectivity index (χ0n) is 12.9. The first kappa shape index (κ1) is 14.1. The predicted molar refractivity (Wildman–Crippen MR) is 82.6 cm³/mol. The highest BCUT2D eigenvalue weighted by Gasteiger charge is 2.22. The molecule has 2 aliphatic rings. The molecular formula is C17H29N3. The summed E-state index contributed by atoms with van der Waals surface area (Å²) < 4.78 is 2.41. The van der Waals surface area contributed by atoms with Crippen molar-refractivity contribution in [1.82, 2.24) is 14.9 Å². The van der Waals surface area contributed by atoms with Crippen LogP contribution in [-0.4, -0.2) is 15.6 Å². The van der Waals surface area contributed by atoms with Gasteiger partial charge in [0.25, 0.3) is 0 Å². The summed E-state index contributed by atoms with van der Waals surface area (Å²) in [7, 11) is 0. The van der Waals surface area contributed by atoms with Crippen molar-refractivity contribution in [3.63, 3.8) is 0 Å². The molecule has 0 amide bonds. The smallest absolute Gasteiger partial charge is 0.0948 e. The van der Waals surface area contributed by atoms with Gasteiger partial charge in [0.1, 0.15) is 0 Å². The predicted octanol–water partition coefficient (Wildman–Crippen LogP) is 4.06. The molecule has 1 aliphatic carbocycles. The summed E-state index contributed by atoms with van der Waals surface area (Å²) in [6, 6.07) is 1.17. The van der Waals surface area contributed by atoms with Gasteiger partial charge in [-0.1, -0.05) is 32.1 Å². The van der Waals surface area contributed by atoms with Gasteiger partial charge in [-0.05, 0) is 38.5 Å². The van der Waals surface area contributed by atoms with Crippen LogP contribution in [0.3, 0.4) is 0 Å². The Balaban J connectivity index is 1.58. The molecule has 2 fully saturated rings. The van der Waals surface area contributed by atoms with Gasteiger partial charge in [-0.25, -0.2) is 4.98 Å². The van der Waals surface area contributed by atoms with Gasteiger partial charge in [0, 0.05) is 24.8 Å². The van der Waals surface area contributed by atoms with Gasteiger partial charge in [-0.15, -0.1) is 0 Å². The number of aromatic nitrogens is 2. The van der Waals surface area contributed by atoms with E-state index >= 15 is 0 Å². The van der Waals surface area contributed by atoms with Gasteiger partial charge < -0.3 is 9.88 Å². The van der Waals surface area contributed by atoms with Crippen molar-refractivity contribution < 1.29 is 0 Å². The van der Waals surface area contributed by atoms with Crippen LogP contribution >= 0.6 is 0 Å². The third-order valence-corrected chi connectivity index (χ3v) is 5.22. The molecule has 1 saturated heterocycles.